The second-order valence-corrected chi connectivity index (χ2v) is 4.66. The monoisotopic (exact) mass is 156 g/mol. The zero-order valence-corrected chi connectivity index (χ0v) is 7.42. The standard InChI is InChI=1S/C8H13OP/c1-7-5-3-4-6-8(7)10(2)9/h3-5,8,10H,6H2,1-2H3. The average molecular weight is 156 g/mol. The van der Waals surface area contributed by atoms with Crippen molar-refractivity contribution in [3.05, 3.63) is 23.8 Å². The number of hydrogen-bond donors (Lipinski definition) is 0. The third-order valence-electron chi connectivity index (χ3n) is 1.91. The highest BCUT2D eigenvalue weighted by molar-refractivity contribution is 7.44. The molecule has 1 nitrogen and oxygen atoms in total. The molecule has 56 valence electrons. The molecule has 0 aromatic rings. The lowest BCUT2D eigenvalue weighted by atomic mass is 10.1. The van der Waals surface area contributed by atoms with Gasteiger partial charge in [-0.1, -0.05) is 23.8 Å². The van der Waals surface area contributed by atoms with Gasteiger partial charge in [0.05, 0.1) is 7.80 Å². The van der Waals surface area contributed by atoms with Crippen LogP contribution in [0.1, 0.15) is 13.3 Å². The molecule has 0 amide bonds. The first kappa shape index (κ1) is 7.81. The second kappa shape index (κ2) is 3.21. The minimum atomic E-state index is -1.35. The molecule has 0 aromatic heterocycles. The van der Waals surface area contributed by atoms with Crippen molar-refractivity contribution >= 4 is 7.80 Å². The fourth-order valence-corrected chi connectivity index (χ4v) is 2.43. The van der Waals surface area contributed by atoms with E-state index in [1.165, 1.54) is 5.57 Å². The Labute approximate surface area is 62.6 Å². The fraction of sp³-hybridized carbons (Fsp3) is 0.500. The first-order valence-corrected chi connectivity index (χ1v) is 5.54. The second-order valence-electron chi connectivity index (χ2n) is 2.74. The molecule has 0 saturated carbocycles. The molecule has 0 aromatic carbocycles. The van der Waals surface area contributed by atoms with Crippen molar-refractivity contribution in [3.63, 3.8) is 0 Å². The molecule has 0 saturated heterocycles. The molecule has 0 N–H and O–H groups in total. The van der Waals surface area contributed by atoms with Crippen molar-refractivity contribution in [1.82, 2.24) is 0 Å². The largest absolute Gasteiger partial charge is 0.326 e. The van der Waals surface area contributed by atoms with Crippen molar-refractivity contribution in [3.8, 4) is 0 Å². The van der Waals surface area contributed by atoms with Crippen LogP contribution in [0.25, 0.3) is 0 Å². The van der Waals surface area contributed by atoms with E-state index in [1.54, 1.807) is 0 Å². The van der Waals surface area contributed by atoms with E-state index in [9.17, 15) is 4.57 Å². The molecule has 0 heterocycles. The summed E-state index contributed by atoms with van der Waals surface area (Å²) in [6.45, 7) is 3.89. The molecule has 0 aliphatic heterocycles. The molecule has 2 atom stereocenters. The number of hydrogen-bond acceptors (Lipinski definition) is 1. The predicted octanol–water partition coefficient (Wildman–Crippen LogP) is 2.45. The highest BCUT2D eigenvalue weighted by Crippen LogP contribution is 2.33. The van der Waals surface area contributed by atoms with Gasteiger partial charge in [0, 0.05) is 5.66 Å². The molecule has 0 spiro atoms. The quantitative estimate of drug-likeness (QED) is 0.533. The molecular formula is C8H13OP. The Kier molecular flexibility index (Phi) is 2.50. The van der Waals surface area contributed by atoms with Gasteiger partial charge < -0.3 is 4.57 Å². The Bertz CT molecular complexity index is 203. The summed E-state index contributed by atoms with van der Waals surface area (Å²) in [4.78, 5) is 0. The Morgan fingerprint density at radius 1 is 1.70 bits per heavy atom. The van der Waals surface area contributed by atoms with Crippen molar-refractivity contribution < 1.29 is 4.57 Å². The van der Waals surface area contributed by atoms with Crippen molar-refractivity contribution in [1.29, 1.82) is 0 Å². The molecule has 1 aliphatic carbocycles. The van der Waals surface area contributed by atoms with Gasteiger partial charge in [0.2, 0.25) is 0 Å². The molecule has 0 fully saturated rings. The van der Waals surface area contributed by atoms with E-state index in [-0.39, 0.29) is 0 Å². The topological polar surface area (TPSA) is 17.1 Å². The third-order valence-corrected chi connectivity index (χ3v) is 3.58. The summed E-state index contributed by atoms with van der Waals surface area (Å²) in [5.74, 6) is 0. The Morgan fingerprint density at radius 2 is 2.40 bits per heavy atom. The highest BCUT2D eigenvalue weighted by atomic mass is 31.1. The van der Waals surface area contributed by atoms with Crippen LogP contribution in [0.3, 0.4) is 0 Å². The Balaban J connectivity index is 2.73. The van der Waals surface area contributed by atoms with Gasteiger partial charge in [-0.3, -0.25) is 0 Å². The minimum Gasteiger partial charge on any atom is -0.326 e. The summed E-state index contributed by atoms with van der Waals surface area (Å²) in [5.41, 5.74) is 1.61. The lowest BCUT2D eigenvalue weighted by molar-refractivity contribution is 0.585. The smallest absolute Gasteiger partial charge is 0.0803 e. The van der Waals surface area contributed by atoms with E-state index in [2.05, 4.69) is 19.1 Å². The molecular weight excluding hydrogens is 143 g/mol. The van der Waals surface area contributed by atoms with Crippen LogP contribution in [0, 0.1) is 0 Å². The summed E-state index contributed by atoms with van der Waals surface area (Å²) in [6.07, 6.45) is 7.15. The van der Waals surface area contributed by atoms with Gasteiger partial charge in [-0.2, -0.15) is 0 Å². The number of allylic oxidation sites excluding steroid dienone is 4. The van der Waals surface area contributed by atoms with E-state index in [4.69, 9.17) is 0 Å². The summed E-state index contributed by atoms with van der Waals surface area (Å²) in [7, 11) is -1.35. The maximum absolute atomic E-state index is 11.1. The van der Waals surface area contributed by atoms with E-state index < -0.39 is 7.80 Å². The molecule has 2 heteroatoms. The first-order chi connectivity index (χ1) is 4.72. The van der Waals surface area contributed by atoms with Crippen LogP contribution < -0.4 is 0 Å². The molecule has 2 unspecified atom stereocenters. The maximum Gasteiger partial charge on any atom is 0.0803 e. The summed E-state index contributed by atoms with van der Waals surface area (Å²) in [5, 5.41) is 0. The SMILES string of the molecule is CC1=CC=CCC1[PH](C)=O. The van der Waals surface area contributed by atoms with E-state index >= 15 is 0 Å². The van der Waals surface area contributed by atoms with Gasteiger partial charge in [-0.15, -0.1) is 0 Å². The lowest BCUT2D eigenvalue weighted by Gasteiger charge is -2.15. The fourth-order valence-electron chi connectivity index (χ4n) is 1.22. The Morgan fingerprint density at radius 3 is 2.80 bits per heavy atom. The van der Waals surface area contributed by atoms with Gasteiger partial charge in [0.25, 0.3) is 0 Å². The molecule has 1 rings (SSSR count). The van der Waals surface area contributed by atoms with E-state index in [1.807, 2.05) is 12.7 Å². The summed E-state index contributed by atoms with van der Waals surface area (Å²) in [6, 6.07) is 0. The molecule has 0 radical (unpaired) electrons. The normalized spacial score (nSPS) is 27.8. The Hall–Kier alpha value is -0.290. The van der Waals surface area contributed by atoms with Crippen LogP contribution >= 0.6 is 7.80 Å². The van der Waals surface area contributed by atoms with Crippen molar-refractivity contribution in [2.75, 3.05) is 6.66 Å². The van der Waals surface area contributed by atoms with Gasteiger partial charge >= 0.3 is 0 Å². The highest BCUT2D eigenvalue weighted by Gasteiger charge is 2.13. The van der Waals surface area contributed by atoms with Gasteiger partial charge in [0.15, 0.2) is 0 Å². The average Bonchev–Trinajstić information content (AvgIpc) is 1.88. The van der Waals surface area contributed by atoms with E-state index in [0.717, 1.165) is 6.42 Å². The molecule has 10 heavy (non-hydrogen) atoms. The van der Waals surface area contributed by atoms with Gasteiger partial charge in [0.1, 0.15) is 0 Å². The predicted molar refractivity (Wildman–Crippen MR) is 46.2 cm³/mol. The molecule has 0 bridgehead atoms. The lowest BCUT2D eigenvalue weighted by Crippen LogP contribution is -2.04. The van der Waals surface area contributed by atoms with Crippen molar-refractivity contribution in [2.45, 2.75) is 19.0 Å². The van der Waals surface area contributed by atoms with E-state index in [0.29, 0.717) is 5.66 Å². The third kappa shape index (κ3) is 1.60. The van der Waals surface area contributed by atoms with Crippen LogP contribution in [0.5, 0.6) is 0 Å². The zero-order chi connectivity index (χ0) is 7.56. The van der Waals surface area contributed by atoms with Crippen LogP contribution in [0.4, 0.5) is 0 Å². The van der Waals surface area contributed by atoms with Gasteiger partial charge in [-0.05, 0) is 20.0 Å². The first-order valence-electron chi connectivity index (χ1n) is 3.55. The van der Waals surface area contributed by atoms with Crippen LogP contribution in [-0.4, -0.2) is 12.3 Å². The zero-order valence-electron chi connectivity index (χ0n) is 6.42. The van der Waals surface area contributed by atoms with Crippen molar-refractivity contribution in [2.24, 2.45) is 0 Å². The maximum atomic E-state index is 11.1. The summed E-state index contributed by atoms with van der Waals surface area (Å²) >= 11 is 0. The van der Waals surface area contributed by atoms with Crippen LogP contribution in [0.15, 0.2) is 23.8 Å². The minimum absolute atomic E-state index is 0.343. The van der Waals surface area contributed by atoms with Crippen LogP contribution in [-0.2, 0) is 4.57 Å². The van der Waals surface area contributed by atoms with Crippen LogP contribution in [0.2, 0.25) is 0 Å². The van der Waals surface area contributed by atoms with Gasteiger partial charge in [-0.25, -0.2) is 0 Å². The number of rotatable bonds is 1. The molecule has 1 aliphatic rings. The summed E-state index contributed by atoms with van der Waals surface area (Å²) < 4.78 is 11.1.